The number of hydrogen-bond acceptors (Lipinski definition) is 3. The highest BCUT2D eigenvalue weighted by Gasteiger charge is 1.99. The maximum absolute atomic E-state index is 9.73. The molecule has 4 heteroatoms. The zero-order chi connectivity index (χ0) is 5.82. The van der Waals surface area contributed by atoms with Crippen LogP contribution < -0.4 is 0 Å². The molecule has 0 saturated carbocycles. The van der Waals surface area contributed by atoms with Crippen LogP contribution in [0.15, 0.2) is 9.98 Å². The summed E-state index contributed by atoms with van der Waals surface area (Å²) in [6.07, 6.45) is 4.06. The molecule has 0 N–H and O–H groups in total. The topological polar surface area (TPSA) is 45.0 Å². The molecule has 0 atom stereocenters. The van der Waals surface area contributed by atoms with Gasteiger partial charge >= 0.3 is 6.41 Å². The predicted molar refractivity (Wildman–Crippen MR) is 27.8 cm³/mol. The lowest BCUT2D eigenvalue weighted by Crippen LogP contribution is -2.17. The summed E-state index contributed by atoms with van der Waals surface area (Å²) >= 11 is 0. The Kier molecular flexibility index (Phi) is 1.37. The molecule has 0 aromatic heterocycles. The average Bonchev–Trinajstić information content (AvgIpc) is 1.90. The summed E-state index contributed by atoms with van der Waals surface area (Å²) in [4.78, 5) is 17.6. The Morgan fingerprint density at radius 3 is 3.00 bits per heavy atom. The van der Waals surface area contributed by atoms with Crippen molar-refractivity contribution in [1.29, 1.82) is 0 Å². The first-order valence-corrected chi connectivity index (χ1v) is 1.91. The third kappa shape index (κ3) is 0.900. The average molecular weight is 108 g/mol. The number of rotatable bonds is 1. The van der Waals surface area contributed by atoms with Crippen molar-refractivity contribution in [2.24, 2.45) is 9.98 Å². The van der Waals surface area contributed by atoms with Crippen LogP contribution in [-0.2, 0) is 4.79 Å². The summed E-state index contributed by atoms with van der Waals surface area (Å²) in [6, 6.07) is 0. The Morgan fingerprint density at radius 2 is 2.62 bits per heavy atom. The molecule has 1 aliphatic heterocycles. The van der Waals surface area contributed by atoms with E-state index in [1.54, 1.807) is 0 Å². The Morgan fingerprint density at radius 1 is 1.75 bits per heavy atom. The van der Waals surface area contributed by atoms with Gasteiger partial charge in [-0.15, -0.1) is 0 Å². The van der Waals surface area contributed by atoms with E-state index < -0.39 is 0 Å². The van der Waals surface area contributed by atoms with Crippen molar-refractivity contribution < 1.29 is 4.79 Å². The molecule has 0 fully saturated rings. The van der Waals surface area contributed by atoms with Crippen LogP contribution in [0, 0.1) is 6.67 Å². The quantitative estimate of drug-likeness (QED) is 0.443. The van der Waals surface area contributed by atoms with Gasteiger partial charge in [0.15, 0.2) is 0 Å². The molecule has 0 spiro atoms. The summed E-state index contributed by atoms with van der Waals surface area (Å²) in [5.41, 5.74) is 0. The number of hydrogen-bond donors (Lipinski definition) is 0. The standard InChI is InChI=1S/C4H2N3O/c8-4-7-2-5-1-6-3-7/h1-2H. The van der Waals surface area contributed by atoms with Crippen LogP contribution in [0.25, 0.3) is 0 Å². The molecular weight excluding hydrogens is 106 g/mol. The fourth-order valence-corrected chi connectivity index (χ4v) is 0.288. The van der Waals surface area contributed by atoms with E-state index in [0.717, 1.165) is 4.90 Å². The van der Waals surface area contributed by atoms with Gasteiger partial charge in [-0.3, -0.25) is 9.69 Å². The van der Waals surface area contributed by atoms with Crippen molar-refractivity contribution in [3.05, 3.63) is 6.67 Å². The van der Waals surface area contributed by atoms with Crippen molar-refractivity contribution in [3.63, 3.8) is 0 Å². The summed E-state index contributed by atoms with van der Waals surface area (Å²) in [7, 11) is 0. The molecule has 0 bridgehead atoms. The van der Waals surface area contributed by atoms with Crippen molar-refractivity contribution in [3.8, 4) is 0 Å². The minimum atomic E-state index is 0.972. The predicted octanol–water partition coefficient (Wildman–Crippen LogP) is -0.578. The maximum Gasteiger partial charge on any atom is 0.319 e. The Labute approximate surface area is 46.5 Å². The molecule has 0 aliphatic carbocycles. The Bertz CT molecular complexity index is 140. The highest BCUT2D eigenvalue weighted by Crippen LogP contribution is 1.88. The Balaban J connectivity index is 2.51. The SMILES string of the molecule is O=[C]N1[C]N=CN=C1. The molecule has 0 unspecified atom stereocenters. The fraction of sp³-hybridized carbons (Fsp3) is 0. The number of nitrogens with zero attached hydrogens (tertiary/aromatic N) is 3. The van der Waals surface area contributed by atoms with Crippen LogP contribution in [0.5, 0.6) is 0 Å². The lowest BCUT2D eigenvalue weighted by Gasteiger charge is -2.03. The van der Waals surface area contributed by atoms with Crippen molar-refractivity contribution in [2.75, 3.05) is 0 Å². The van der Waals surface area contributed by atoms with Gasteiger partial charge in [0.1, 0.15) is 12.7 Å². The third-order valence-electron chi connectivity index (χ3n) is 0.570. The van der Waals surface area contributed by atoms with Gasteiger partial charge in [-0.05, 0) is 0 Å². The molecule has 1 heterocycles. The van der Waals surface area contributed by atoms with Crippen molar-refractivity contribution >= 4 is 19.1 Å². The van der Waals surface area contributed by atoms with E-state index in [9.17, 15) is 4.79 Å². The van der Waals surface area contributed by atoms with Gasteiger partial charge in [0.25, 0.3) is 0 Å². The first-order valence-electron chi connectivity index (χ1n) is 1.91. The van der Waals surface area contributed by atoms with E-state index in [1.165, 1.54) is 19.1 Å². The number of carbonyl (C=O) groups excluding carboxylic acids is 1. The van der Waals surface area contributed by atoms with Gasteiger partial charge in [-0.25, -0.2) is 9.98 Å². The first-order chi connectivity index (χ1) is 3.93. The van der Waals surface area contributed by atoms with Gasteiger partial charge in [-0.1, -0.05) is 0 Å². The van der Waals surface area contributed by atoms with Crippen LogP contribution in [0.4, 0.5) is 0 Å². The number of amides is 1. The van der Waals surface area contributed by atoms with Gasteiger partial charge in [0.2, 0.25) is 6.67 Å². The van der Waals surface area contributed by atoms with Gasteiger partial charge < -0.3 is 0 Å². The lowest BCUT2D eigenvalue weighted by atomic mass is 10.8. The van der Waals surface area contributed by atoms with Gasteiger partial charge in [0, 0.05) is 0 Å². The molecule has 1 amide bonds. The smallest absolute Gasteiger partial charge is 0.263 e. The second kappa shape index (κ2) is 2.20. The minimum absolute atomic E-state index is 0.972. The molecule has 1 aliphatic rings. The first kappa shape index (κ1) is 4.96. The molecule has 4 nitrogen and oxygen atoms in total. The second-order valence-electron chi connectivity index (χ2n) is 1.07. The van der Waals surface area contributed by atoms with Crippen LogP contribution in [0.3, 0.4) is 0 Å². The highest BCUT2D eigenvalue weighted by atomic mass is 16.1. The molecule has 3 radical (unpaired) electrons. The summed E-state index contributed by atoms with van der Waals surface area (Å²) < 4.78 is 0. The summed E-state index contributed by atoms with van der Waals surface area (Å²) in [6.45, 7) is 2.30. The molecule has 0 aromatic carbocycles. The zero-order valence-corrected chi connectivity index (χ0v) is 3.90. The van der Waals surface area contributed by atoms with Crippen LogP contribution in [-0.4, -0.2) is 24.0 Å². The van der Waals surface area contributed by atoms with E-state index in [1.807, 2.05) is 0 Å². The molecule has 8 heavy (non-hydrogen) atoms. The van der Waals surface area contributed by atoms with E-state index in [2.05, 4.69) is 16.7 Å². The molecule has 0 saturated heterocycles. The summed E-state index contributed by atoms with van der Waals surface area (Å²) in [5, 5.41) is 0. The normalized spacial score (nSPS) is 16.8. The monoisotopic (exact) mass is 108 g/mol. The van der Waals surface area contributed by atoms with E-state index in [-0.39, 0.29) is 0 Å². The summed E-state index contributed by atoms with van der Waals surface area (Å²) in [5.74, 6) is 0. The molecule has 39 valence electrons. The maximum atomic E-state index is 9.73. The van der Waals surface area contributed by atoms with Crippen molar-refractivity contribution in [1.82, 2.24) is 4.90 Å². The largest absolute Gasteiger partial charge is 0.319 e. The Hall–Kier alpha value is -1.19. The van der Waals surface area contributed by atoms with Crippen LogP contribution in [0.2, 0.25) is 0 Å². The fourth-order valence-electron chi connectivity index (χ4n) is 0.288. The zero-order valence-electron chi connectivity index (χ0n) is 3.90. The van der Waals surface area contributed by atoms with E-state index >= 15 is 0 Å². The molecule has 0 aromatic rings. The van der Waals surface area contributed by atoms with Crippen LogP contribution in [0.1, 0.15) is 0 Å². The van der Waals surface area contributed by atoms with Gasteiger partial charge in [-0.2, -0.15) is 0 Å². The van der Waals surface area contributed by atoms with Gasteiger partial charge in [0.05, 0.1) is 0 Å². The third-order valence-corrected chi connectivity index (χ3v) is 0.570. The highest BCUT2D eigenvalue weighted by molar-refractivity contribution is 5.82. The van der Waals surface area contributed by atoms with E-state index in [0.29, 0.717) is 0 Å². The molecular formula is C4H2N3O. The molecule has 1 rings (SSSR count). The van der Waals surface area contributed by atoms with Crippen molar-refractivity contribution in [2.45, 2.75) is 0 Å². The number of aliphatic imine (C=N–C) groups is 2. The van der Waals surface area contributed by atoms with E-state index in [4.69, 9.17) is 0 Å². The lowest BCUT2D eigenvalue weighted by molar-refractivity contribution is 0.513. The second-order valence-corrected chi connectivity index (χ2v) is 1.07. The van der Waals surface area contributed by atoms with Crippen LogP contribution >= 0.6 is 0 Å². The minimum Gasteiger partial charge on any atom is -0.263 e.